The number of methoxy groups -OCH3 is 2. The number of carbonyl (C=O) groups is 1. The van der Waals surface area contributed by atoms with Crippen LogP contribution in [0.1, 0.15) is 28.9 Å². The fraction of sp³-hybridized carbons (Fsp3) is 0.364. The van der Waals surface area contributed by atoms with Crippen LogP contribution in [0.5, 0.6) is 11.6 Å². The van der Waals surface area contributed by atoms with E-state index < -0.39 is 0 Å². The minimum Gasteiger partial charge on any atom is -0.491 e. The van der Waals surface area contributed by atoms with Gasteiger partial charge in [0, 0.05) is 24.0 Å². The van der Waals surface area contributed by atoms with Crippen LogP contribution in [0.25, 0.3) is 11.3 Å². The summed E-state index contributed by atoms with van der Waals surface area (Å²) in [6, 6.07) is 5.93. The first-order valence-electron chi connectivity index (χ1n) is 10.3. The van der Waals surface area contributed by atoms with Crippen LogP contribution in [0.15, 0.2) is 36.8 Å². The topological polar surface area (TPSA) is 94.4 Å². The monoisotopic (exact) mass is 420 g/mol. The highest BCUT2D eigenvalue weighted by Crippen LogP contribution is 2.32. The summed E-state index contributed by atoms with van der Waals surface area (Å²) >= 11 is 0. The molecule has 3 aromatic rings. The molecule has 160 valence electrons. The standard InChI is InChI=1S/C22H24N6O3/c1-30-20-8-14(9-24-21(20)31-2)18-6-5-17-19(26-18)13-28(22(17)29)16-10-25-27(12-16)11-15-4-3-7-23-15/h5-6,8-10,12,15,23H,3-4,7,11,13H2,1-2H3. The molecule has 1 fully saturated rings. The molecule has 0 aliphatic carbocycles. The van der Waals surface area contributed by atoms with Gasteiger partial charge in [0.2, 0.25) is 0 Å². The second-order valence-corrected chi connectivity index (χ2v) is 7.73. The van der Waals surface area contributed by atoms with Gasteiger partial charge in [-0.1, -0.05) is 0 Å². The summed E-state index contributed by atoms with van der Waals surface area (Å²) < 4.78 is 12.4. The zero-order valence-electron chi connectivity index (χ0n) is 17.5. The number of nitrogens with one attached hydrogen (secondary N) is 1. The van der Waals surface area contributed by atoms with Gasteiger partial charge < -0.3 is 14.8 Å². The molecule has 2 aliphatic heterocycles. The Morgan fingerprint density at radius 3 is 2.90 bits per heavy atom. The van der Waals surface area contributed by atoms with Crippen molar-refractivity contribution in [2.45, 2.75) is 32.0 Å². The Kier molecular flexibility index (Phi) is 5.03. The highest BCUT2D eigenvalue weighted by Gasteiger charge is 2.31. The van der Waals surface area contributed by atoms with Crippen molar-refractivity contribution in [1.29, 1.82) is 0 Å². The average Bonchev–Trinajstić information content (AvgIpc) is 3.54. The van der Waals surface area contributed by atoms with Gasteiger partial charge in [0.1, 0.15) is 0 Å². The van der Waals surface area contributed by atoms with Crippen molar-refractivity contribution in [3.8, 4) is 22.9 Å². The number of anilines is 1. The van der Waals surface area contributed by atoms with Gasteiger partial charge in [-0.15, -0.1) is 0 Å². The predicted octanol–water partition coefficient (Wildman–Crippen LogP) is 2.27. The second kappa shape index (κ2) is 7.99. The van der Waals surface area contributed by atoms with E-state index in [0.29, 0.717) is 29.8 Å². The van der Waals surface area contributed by atoms with Gasteiger partial charge in [0.05, 0.1) is 56.1 Å². The lowest BCUT2D eigenvalue weighted by Gasteiger charge is -2.12. The van der Waals surface area contributed by atoms with E-state index in [-0.39, 0.29) is 5.91 Å². The average molecular weight is 420 g/mol. The number of ether oxygens (including phenoxy) is 2. The maximum atomic E-state index is 13.0. The minimum absolute atomic E-state index is 0.0574. The van der Waals surface area contributed by atoms with Crippen molar-refractivity contribution < 1.29 is 14.3 Å². The van der Waals surface area contributed by atoms with Crippen LogP contribution in [-0.2, 0) is 13.1 Å². The van der Waals surface area contributed by atoms with Gasteiger partial charge in [-0.2, -0.15) is 5.10 Å². The van der Waals surface area contributed by atoms with E-state index in [4.69, 9.17) is 14.5 Å². The van der Waals surface area contributed by atoms with Gasteiger partial charge in [-0.25, -0.2) is 4.98 Å². The molecule has 31 heavy (non-hydrogen) atoms. The molecule has 3 aromatic heterocycles. The number of fused-ring (bicyclic) bond motifs is 1. The van der Waals surface area contributed by atoms with Gasteiger partial charge in [-0.05, 0) is 37.6 Å². The van der Waals surface area contributed by atoms with Gasteiger partial charge in [0.25, 0.3) is 11.8 Å². The Hall–Kier alpha value is -3.46. The molecule has 1 saturated heterocycles. The summed E-state index contributed by atoms with van der Waals surface area (Å²) in [5, 5.41) is 7.92. The molecule has 5 rings (SSSR count). The number of amides is 1. The highest BCUT2D eigenvalue weighted by atomic mass is 16.5. The van der Waals surface area contributed by atoms with Gasteiger partial charge in [-0.3, -0.25) is 19.4 Å². The molecule has 5 heterocycles. The molecule has 0 radical (unpaired) electrons. The molecular formula is C22H24N6O3. The lowest BCUT2D eigenvalue weighted by Crippen LogP contribution is -2.27. The SMILES string of the molecule is COc1cc(-c2ccc3c(n2)CN(c2cnn(CC4CCCN4)c2)C3=O)cnc1OC. The largest absolute Gasteiger partial charge is 0.491 e. The first-order valence-corrected chi connectivity index (χ1v) is 10.3. The smallest absolute Gasteiger partial charge is 0.260 e. The minimum atomic E-state index is -0.0574. The fourth-order valence-corrected chi connectivity index (χ4v) is 4.15. The third kappa shape index (κ3) is 3.61. The summed E-state index contributed by atoms with van der Waals surface area (Å²) in [4.78, 5) is 23.7. The Morgan fingerprint density at radius 2 is 2.13 bits per heavy atom. The van der Waals surface area contributed by atoms with Crippen LogP contribution < -0.4 is 19.7 Å². The molecule has 1 N–H and O–H groups in total. The van der Waals surface area contributed by atoms with Crippen LogP contribution >= 0.6 is 0 Å². The maximum absolute atomic E-state index is 13.0. The third-order valence-electron chi connectivity index (χ3n) is 5.79. The zero-order valence-corrected chi connectivity index (χ0v) is 17.5. The molecule has 0 aromatic carbocycles. The van der Waals surface area contributed by atoms with E-state index in [1.165, 1.54) is 6.42 Å². The van der Waals surface area contributed by atoms with Crippen LogP contribution in [0.4, 0.5) is 5.69 Å². The van der Waals surface area contributed by atoms with E-state index in [9.17, 15) is 4.79 Å². The summed E-state index contributed by atoms with van der Waals surface area (Å²) in [6.07, 6.45) is 7.72. The molecule has 9 heteroatoms. The highest BCUT2D eigenvalue weighted by molar-refractivity contribution is 6.09. The Balaban J connectivity index is 1.37. The van der Waals surface area contributed by atoms with E-state index >= 15 is 0 Å². The zero-order chi connectivity index (χ0) is 21.4. The van der Waals surface area contributed by atoms with Crippen molar-refractivity contribution in [3.05, 3.63) is 48.0 Å². The lowest BCUT2D eigenvalue weighted by atomic mass is 10.1. The summed E-state index contributed by atoms with van der Waals surface area (Å²) in [7, 11) is 3.11. The predicted molar refractivity (Wildman–Crippen MR) is 114 cm³/mol. The Morgan fingerprint density at radius 1 is 1.23 bits per heavy atom. The van der Waals surface area contributed by atoms with Crippen molar-refractivity contribution in [2.24, 2.45) is 0 Å². The van der Waals surface area contributed by atoms with Crippen molar-refractivity contribution >= 4 is 11.6 Å². The fourth-order valence-electron chi connectivity index (χ4n) is 4.15. The normalized spacial score (nSPS) is 17.8. The molecular weight excluding hydrogens is 396 g/mol. The summed E-state index contributed by atoms with van der Waals surface area (Å²) in [5.41, 5.74) is 3.66. The number of rotatable bonds is 6. The third-order valence-corrected chi connectivity index (χ3v) is 5.79. The van der Waals surface area contributed by atoms with Gasteiger partial charge in [0.15, 0.2) is 5.75 Å². The first kappa shape index (κ1) is 19.5. The molecule has 2 aliphatic rings. The number of hydrogen-bond acceptors (Lipinski definition) is 7. The number of aromatic nitrogens is 4. The van der Waals surface area contributed by atoms with Crippen LogP contribution in [0, 0.1) is 0 Å². The van der Waals surface area contributed by atoms with Crippen LogP contribution in [0.2, 0.25) is 0 Å². The maximum Gasteiger partial charge on any atom is 0.260 e. The lowest BCUT2D eigenvalue weighted by molar-refractivity contribution is 0.0996. The molecule has 9 nitrogen and oxygen atoms in total. The van der Waals surface area contributed by atoms with Crippen LogP contribution in [-0.4, -0.2) is 52.5 Å². The molecule has 0 bridgehead atoms. The summed E-state index contributed by atoms with van der Waals surface area (Å²) in [6.45, 7) is 2.28. The van der Waals surface area contributed by atoms with E-state index in [1.807, 2.05) is 29.1 Å². The van der Waals surface area contributed by atoms with E-state index in [2.05, 4.69) is 15.4 Å². The van der Waals surface area contributed by atoms with E-state index in [1.54, 1.807) is 31.5 Å². The van der Waals surface area contributed by atoms with Crippen LogP contribution in [0.3, 0.4) is 0 Å². The molecule has 0 saturated carbocycles. The Bertz CT molecular complexity index is 1120. The van der Waals surface area contributed by atoms with Gasteiger partial charge >= 0.3 is 0 Å². The molecule has 1 unspecified atom stereocenters. The number of nitrogens with zero attached hydrogens (tertiary/aromatic N) is 5. The summed E-state index contributed by atoms with van der Waals surface area (Å²) in [5.74, 6) is 0.890. The molecule has 1 amide bonds. The number of hydrogen-bond donors (Lipinski definition) is 1. The van der Waals surface area contributed by atoms with E-state index in [0.717, 1.165) is 42.1 Å². The first-order chi connectivity index (χ1) is 15.2. The van der Waals surface area contributed by atoms with Crippen molar-refractivity contribution in [1.82, 2.24) is 25.1 Å². The number of pyridine rings is 2. The Labute approximate surface area is 180 Å². The van der Waals surface area contributed by atoms with Crippen molar-refractivity contribution in [3.63, 3.8) is 0 Å². The quantitative estimate of drug-likeness (QED) is 0.654. The molecule has 1 atom stereocenters. The molecule has 0 spiro atoms. The number of carbonyl (C=O) groups excluding carboxylic acids is 1. The second-order valence-electron chi connectivity index (χ2n) is 7.73. The van der Waals surface area contributed by atoms with Crippen molar-refractivity contribution in [2.75, 3.05) is 25.7 Å².